The molecule has 3 atom stereocenters. The standard InChI is InChI=1S/C23H34O5/c1-4-5-8-11-20(28-18(2)24)16-14-19-15-17-22(25)21(19)12-9-6-7-10-13-23(26)27-3/h6,9,14-17,19-21H,4-5,7-8,10-13H2,1-3H3/b9-6-,16-14+/t19-,20+,21-/m1/s1. The average Bonchev–Trinajstić information content (AvgIpc) is 3.01. The van der Waals surface area contributed by atoms with Gasteiger partial charge >= 0.3 is 11.9 Å². The third kappa shape index (κ3) is 9.67. The van der Waals surface area contributed by atoms with Crippen molar-refractivity contribution < 1.29 is 23.9 Å². The number of rotatable bonds is 13. The highest BCUT2D eigenvalue weighted by Crippen LogP contribution is 2.28. The Labute approximate surface area is 168 Å². The SMILES string of the molecule is CCCCC[C@@H](/C=C/[C@@H]1C=CC(=O)[C@@H]1C/C=C\CCCC(=O)OC)OC(C)=O. The molecule has 0 N–H and O–H groups in total. The van der Waals surface area contributed by atoms with Crippen LogP contribution < -0.4 is 0 Å². The van der Waals surface area contributed by atoms with Crippen LogP contribution in [0.2, 0.25) is 0 Å². The molecule has 0 spiro atoms. The molecule has 0 amide bonds. The third-order valence-electron chi connectivity index (χ3n) is 4.81. The van der Waals surface area contributed by atoms with Crippen molar-refractivity contribution in [2.45, 2.75) is 71.3 Å². The third-order valence-corrected chi connectivity index (χ3v) is 4.81. The summed E-state index contributed by atoms with van der Waals surface area (Å²) < 4.78 is 10.00. The molecule has 0 aliphatic heterocycles. The number of allylic oxidation sites excluding steroid dienone is 5. The average molecular weight is 391 g/mol. The first kappa shape index (κ1) is 23.9. The van der Waals surface area contributed by atoms with Gasteiger partial charge in [0.25, 0.3) is 0 Å². The van der Waals surface area contributed by atoms with E-state index in [0.717, 1.165) is 38.5 Å². The van der Waals surface area contributed by atoms with Crippen LogP contribution in [0.3, 0.4) is 0 Å². The van der Waals surface area contributed by atoms with Crippen LogP contribution in [0.15, 0.2) is 36.5 Å². The topological polar surface area (TPSA) is 69.7 Å². The Morgan fingerprint density at radius 3 is 2.68 bits per heavy atom. The number of hydrogen-bond acceptors (Lipinski definition) is 5. The molecule has 5 heteroatoms. The summed E-state index contributed by atoms with van der Waals surface area (Å²) in [6.45, 7) is 3.56. The maximum atomic E-state index is 12.2. The minimum absolute atomic E-state index is 0.0245. The molecule has 1 rings (SSSR count). The molecule has 1 aliphatic carbocycles. The van der Waals surface area contributed by atoms with E-state index in [1.54, 1.807) is 6.08 Å². The predicted molar refractivity (Wildman–Crippen MR) is 110 cm³/mol. The summed E-state index contributed by atoms with van der Waals surface area (Å²) in [6, 6.07) is 0. The largest absolute Gasteiger partial charge is 0.469 e. The molecule has 0 saturated carbocycles. The molecule has 0 fully saturated rings. The van der Waals surface area contributed by atoms with Crippen molar-refractivity contribution in [3.05, 3.63) is 36.5 Å². The molecule has 0 saturated heterocycles. The van der Waals surface area contributed by atoms with Crippen molar-refractivity contribution in [1.82, 2.24) is 0 Å². The highest BCUT2D eigenvalue weighted by atomic mass is 16.5. The summed E-state index contributed by atoms with van der Waals surface area (Å²) >= 11 is 0. The summed E-state index contributed by atoms with van der Waals surface area (Å²) in [4.78, 5) is 34.6. The molecule has 0 aromatic carbocycles. The fourth-order valence-electron chi connectivity index (χ4n) is 3.21. The van der Waals surface area contributed by atoms with Crippen LogP contribution in [0.25, 0.3) is 0 Å². The van der Waals surface area contributed by atoms with Gasteiger partial charge in [-0.05, 0) is 44.3 Å². The van der Waals surface area contributed by atoms with Gasteiger partial charge < -0.3 is 9.47 Å². The predicted octanol–water partition coefficient (Wildman–Crippen LogP) is 4.72. The van der Waals surface area contributed by atoms with Crippen LogP contribution in [0, 0.1) is 11.8 Å². The number of esters is 2. The Hall–Kier alpha value is -2.17. The Morgan fingerprint density at radius 2 is 2.00 bits per heavy atom. The van der Waals surface area contributed by atoms with E-state index in [1.165, 1.54) is 14.0 Å². The van der Waals surface area contributed by atoms with Crippen molar-refractivity contribution in [3.8, 4) is 0 Å². The van der Waals surface area contributed by atoms with E-state index in [-0.39, 0.29) is 35.7 Å². The van der Waals surface area contributed by atoms with Gasteiger partial charge in [0.1, 0.15) is 6.10 Å². The number of methoxy groups -OCH3 is 1. The lowest BCUT2D eigenvalue weighted by Gasteiger charge is -2.16. The first-order chi connectivity index (χ1) is 13.5. The van der Waals surface area contributed by atoms with Crippen LogP contribution in [-0.2, 0) is 23.9 Å². The Kier molecular flexibility index (Phi) is 11.9. The van der Waals surface area contributed by atoms with Gasteiger partial charge in [0.2, 0.25) is 0 Å². The Balaban J connectivity index is 2.53. The molecule has 0 bridgehead atoms. The number of unbranched alkanes of at least 4 members (excludes halogenated alkanes) is 3. The molecule has 28 heavy (non-hydrogen) atoms. The van der Waals surface area contributed by atoms with Gasteiger partial charge in [-0.1, -0.05) is 44.1 Å². The van der Waals surface area contributed by atoms with Crippen LogP contribution in [0.1, 0.15) is 65.2 Å². The minimum atomic E-state index is -0.282. The van der Waals surface area contributed by atoms with Gasteiger partial charge in [0.05, 0.1) is 7.11 Å². The van der Waals surface area contributed by atoms with Crippen molar-refractivity contribution >= 4 is 17.7 Å². The second kappa shape index (κ2) is 13.9. The zero-order valence-electron chi connectivity index (χ0n) is 17.4. The normalized spacial score (nSPS) is 20.2. The molecule has 0 heterocycles. The lowest BCUT2D eigenvalue weighted by molar-refractivity contribution is -0.144. The van der Waals surface area contributed by atoms with E-state index in [2.05, 4.69) is 11.7 Å². The van der Waals surface area contributed by atoms with Crippen molar-refractivity contribution in [2.75, 3.05) is 7.11 Å². The van der Waals surface area contributed by atoms with Gasteiger partial charge in [-0.3, -0.25) is 14.4 Å². The fourth-order valence-corrected chi connectivity index (χ4v) is 3.21. The molecule has 0 radical (unpaired) electrons. The zero-order chi connectivity index (χ0) is 20.8. The van der Waals surface area contributed by atoms with E-state index in [0.29, 0.717) is 12.8 Å². The van der Waals surface area contributed by atoms with Crippen molar-refractivity contribution in [2.24, 2.45) is 11.8 Å². The van der Waals surface area contributed by atoms with Crippen LogP contribution in [0.4, 0.5) is 0 Å². The van der Waals surface area contributed by atoms with E-state index >= 15 is 0 Å². The van der Waals surface area contributed by atoms with Gasteiger partial charge in [0, 0.05) is 25.2 Å². The lowest BCUT2D eigenvalue weighted by atomic mass is 9.90. The van der Waals surface area contributed by atoms with Crippen LogP contribution >= 0.6 is 0 Å². The van der Waals surface area contributed by atoms with Gasteiger partial charge in [-0.15, -0.1) is 0 Å². The monoisotopic (exact) mass is 390 g/mol. The van der Waals surface area contributed by atoms with Gasteiger partial charge in [-0.25, -0.2) is 0 Å². The van der Waals surface area contributed by atoms with Gasteiger partial charge in [0.15, 0.2) is 5.78 Å². The molecule has 5 nitrogen and oxygen atoms in total. The van der Waals surface area contributed by atoms with E-state index in [9.17, 15) is 14.4 Å². The second-order valence-corrected chi connectivity index (χ2v) is 7.15. The summed E-state index contributed by atoms with van der Waals surface area (Å²) in [7, 11) is 1.39. The number of carbonyl (C=O) groups is 3. The maximum absolute atomic E-state index is 12.2. The van der Waals surface area contributed by atoms with Crippen LogP contribution in [0.5, 0.6) is 0 Å². The maximum Gasteiger partial charge on any atom is 0.305 e. The fraction of sp³-hybridized carbons (Fsp3) is 0.609. The summed E-state index contributed by atoms with van der Waals surface area (Å²) in [5.41, 5.74) is 0. The van der Waals surface area contributed by atoms with E-state index < -0.39 is 0 Å². The molecular weight excluding hydrogens is 356 g/mol. The second-order valence-electron chi connectivity index (χ2n) is 7.15. The molecule has 0 aromatic heterocycles. The molecule has 0 aromatic rings. The zero-order valence-corrected chi connectivity index (χ0v) is 17.4. The van der Waals surface area contributed by atoms with Gasteiger partial charge in [-0.2, -0.15) is 0 Å². The highest BCUT2D eigenvalue weighted by Gasteiger charge is 2.27. The van der Waals surface area contributed by atoms with E-state index in [1.807, 2.05) is 30.4 Å². The Morgan fingerprint density at radius 1 is 1.21 bits per heavy atom. The summed E-state index contributed by atoms with van der Waals surface area (Å²) in [5, 5.41) is 0. The molecule has 0 unspecified atom stereocenters. The first-order valence-electron chi connectivity index (χ1n) is 10.3. The number of ketones is 1. The van der Waals surface area contributed by atoms with Crippen LogP contribution in [-0.4, -0.2) is 30.9 Å². The summed E-state index contributed by atoms with van der Waals surface area (Å²) in [6.07, 6.45) is 17.9. The minimum Gasteiger partial charge on any atom is -0.469 e. The quantitative estimate of drug-likeness (QED) is 0.259. The number of ether oxygens (including phenoxy) is 2. The first-order valence-corrected chi connectivity index (χ1v) is 10.3. The van der Waals surface area contributed by atoms with Crippen molar-refractivity contribution in [1.29, 1.82) is 0 Å². The highest BCUT2D eigenvalue weighted by molar-refractivity contribution is 5.95. The molecule has 1 aliphatic rings. The van der Waals surface area contributed by atoms with Crippen molar-refractivity contribution in [3.63, 3.8) is 0 Å². The lowest BCUT2D eigenvalue weighted by Crippen LogP contribution is -2.16. The molecular formula is C23H34O5. The number of carbonyl (C=O) groups excluding carboxylic acids is 3. The van der Waals surface area contributed by atoms with E-state index in [4.69, 9.17) is 4.74 Å². The summed E-state index contributed by atoms with van der Waals surface area (Å²) in [5.74, 6) is -0.437. The molecule has 156 valence electrons. The Bertz CT molecular complexity index is 588. The smallest absolute Gasteiger partial charge is 0.305 e. The number of hydrogen-bond donors (Lipinski definition) is 0.